The average molecular weight is 422 g/mol. The van der Waals surface area contributed by atoms with Crippen LogP contribution in [-0.2, 0) is 17.4 Å². The zero-order chi connectivity index (χ0) is 18.7. The standard InChI is InChI=1S/2C10H15.2CH3.H2Si.Zr/c2*1-8-5-6-9(7-8)10(2,3)4;;;;/h2*7H,6H2,1-4H3;2*1H3;1H2;. The van der Waals surface area contributed by atoms with E-state index in [1.54, 1.807) is 22.3 Å². The summed E-state index contributed by atoms with van der Waals surface area (Å²) in [7, 11) is 0. The minimum atomic E-state index is -3.06. The van der Waals surface area contributed by atoms with Gasteiger partial charge in [-0.25, -0.2) is 0 Å². The molecule has 134 valence electrons. The molecule has 2 heteroatoms. The first-order valence-corrected chi connectivity index (χ1v) is 22.7. The normalized spacial score (nSPS) is 20.8. The molecule has 0 N–H and O–H groups in total. The maximum atomic E-state index is 2.68. The van der Waals surface area contributed by atoms with Gasteiger partial charge < -0.3 is 0 Å². The second-order valence-corrected chi connectivity index (χ2v) is 39.9. The fourth-order valence-corrected chi connectivity index (χ4v) is 20.4. The fourth-order valence-electron chi connectivity index (χ4n) is 4.44. The van der Waals surface area contributed by atoms with E-state index in [0.717, 1.165) is 0 Å². The quantitative estimate of drug-likeness (QED) is 0.439. The maximum absolute atomic E-state index is 3.06. The van der Waals surface area contributed by atoms with E-state index in [-0.39, 0.29) is 10.8 Å². The van der Waals surface area contributed by atoms with E-state index < -0.39 is 17.4 Å². The third kappa shape index (κ3) is 3.61. The van der Waals surface area contributed by atoms with Gasteiger partial charge in [-0.1, -0.05) is 0 Å². The summed E-state index contributed by atoms with van der Waals surface area (Å²) in [6.07, 6.45) is 7.46. The van der Waals surface area contributed by atoms with Gasteiger partial charge in [0.2, 0.25) is 0 Å². The van der Waals surface area contributed by atoms with Gasteiger partial charge in [0, 0.05) is 0 Å². The molecule has 0 atom stereocenters. The second-order valence-electron chi connectivity index (χ2n) is 11.2. The van der Waals surface area contributed by atoms with E-state index in [2.05, 4.69) is 83.7 Å². The van der Waals surface area contributed by atoms with Gasteiger partial charge in [0.15, 0.2) is 0 Å². The molecule has 0 spiro atoms. The van der Waals surface area contributed by atoms with Crippen LogP contribution in [-0.4, -0.2) is 6.88 Å². The number of allylic oxidation sites excluding steroid dienone is 8. The molecular formula is C22H38SiZr. The number of hydrogen-bond donors (Lipinski definition) is 0. The van der Waals surface area contributed by atoms with Crippen molar-refractivity contribution < 1.29 is 17.4 Å². The van der Waals surface area contributed by atoms with E-state index >= 15 is 0 Å². The number of hydrogen-bond acceptors (Lipinski definition) is 0. The van der Waals surface area contributed by atoms with Gasteiger partial charge in [0.25, 0.3) is 0 Å². The first-order valence-electron chi connectivity index (χ1n) is 9.42. The zero-order valence-electron chi connectivity index (χ0n) is 17.8. The topological polar surface area (TPSA) is 0 Å². The predicted molar refractivity (Wildman–Crippen MR) is 110 cm³/mol. The molecule has 0 aliphatic heterocycles. The first-order chi connectivity index (χ1) is 10.5. The SMILES string of the molecule is CC1=[C]([Zr]([CH3])([CH3])(=[SiH2])[C]2=C(C)C=C(C(C)(C)C)C2)CC(C(C)(C)C)=C1. The van der Waals surface area contributed by atoms with Crippen molar-refractivity contribution in [1.29, 1.82) is 0 Å². The molecule has 24 heavy (non-hydrogen) atoms. The summed E-state index contributed by atoms with van der Waals surface area (Å²) in [6.45, 7) is 21.3. The Labute approximate surface area is 153 Å². The Morgan fingerprint density at radius 1 is 0.750 bits per heavy atom. The molecule has 0 aromatic heterocycles. The Hall–Kier alpha value is 0.0600. The van der Waals surface area contributed by atoms with E-state index in [4.69, 9.17) is 0 Å². The molecule has 0 aromatic carbocycles. The average Bonchev–Trinajstić information content (AvgIpc) is 2.91. The summed E-state index contributed by atoms with van der Waals surface area (Å²) in [6, 6.07) is 0. The molecule has 0 saturated carbocycles. The summed E-state index contributed by atoms with van der Waals surface area (Å²) >= 11 is -3.06. The molecule has 0 nitrogen and oxygen atoms in total. The Balaban J connectivity index is 2.43. The van der Waals surface area contributed by atoms with Crippen molar-refractivity contribution in [2.45, 2.75) is 77.5 Å². The van der Waals surface area contributed by atoms with Crippen LogP contribution in [0.4, 0.5) is 0 Å². The Bertz CT molecular complexity index is 702. The Morgan fingerprint density at radius 3 is 1.25 bits per heavy atom. The van der Waals surface area contributed by atoms with Crippen molar-refractivity contribution in [2.24, 2.45) is 10.8 Å². The van der Waals surface area contributed by atoms with Crippen molar-refractivity contribution in [3.8, 4) is 0 Å². The summed E-state index contributed by atoms with van der Waals surface area (Å²) in [4.78, 5) is 0. The van der Waals surface area contributed by atoms with Gasteiger partial charge in [-0.3, -0.25) is 0 Å². The number of rotatable bonds is 2. The molecular weight excluding hydrogens is 384 g/mol. The van der Waals surface area contributed by atoms with Crippen molar-refractivity contribution in [3.63, 3.8) is 0 Å². The monoisotopic (exact) mass is 420 g/mol. The molecule has 2 aliphatic rings. The van der Waals surface area contributed by atoms with Crippen molar-refractivity contribution in [1.82, 2.24) is 0 Å². The van der Waals surface area contributed by atoms with Crippen molar-refractivity contribution in [2.75, 3.05) is 0 Å². The van der Waals surface area contributed by atoms with Crippen molar-refractivity contribution in [3.05, 3.63) is 41.0 Å². The van der Waals surface area contributed by atoms with E-state index in [1.807, 2.05) is 6.56 Å². The van der Waals surface area contributed by atoms with E-state index in [1.165, 1.54) is 12.8 Å². The van der Waals surface area contributed by atoms with Crippen LogP contribution >= 0.6 is 0 Å². The molecule has 2 rings (SSSR count). The van der Waals surface area contributed by atoms with Crippen LogP contribution in [0.3, 0.4) is 0 Å². The summed E-state index contributed by atoms with van der Waals surface area (Å²) in [5.74, 6) is 0. The van der Waals surface area contributed by atoms with Crippen LogP contribution in [0.25, 0.3) is 0 Å². The van der Waals surface area contributed by atoms with Crippen LogP contribution in [0, 0.1) is 10.8 Å². The van der Waals surface area contributed by atoms with E-state index in [0.29, 0.717) is 0 Å². The second kappa shape index (κ2) is 5.78. The van der Waals surface area contributed by atoms with Crippen LogP contribution in [0.1, 0.15) is 68.2 Å². The van der Waals surface area contributed by atoms with Gasteiger partial charge in [0.1, 0.15) is 0 Å². The molecule has 0 unspecified atom stereocenters. The minimum absolute atomic E-state index is 0.290. The van der Waals surface area contributed by atoms with Crippen LogP contribution in [0.5, 0.6) is 0 Å². The van der Waals surface area contributed by atoms with Gasteiger partial charge in [-0.2, -0.15) is 0 Å². The molecule has 0 bridgehead atoms. The third-order valence-electron chi connectivity index (χ3n) is 6.33. The fraction of sp³-hybridized carbons (Fsp3) is 0.636. The predicted octanol–water partition coefficient (Wildman–Crippen LogP) is 6.62. The molecule has 0 amide bonds. The molecule has 0 fully saturated rings. The molecule has 0 aromatic rings. The summed E-state index contributed by atoms with van der Waals surface area (Å²) in [5.41, 5.74) is 7.00. The van der Waals surface area contributed by atoms with Crippen LogP contribution < -0.4 is 0 Å². The van der Waals surface area contributed by atoms with Gasteiger partial charge >= 0.3 is 154 Å². The van der Waals surface area contributed by atoms with Crippen LogP contribution in [0.15, 0.2) is 41.0 Å². The van der Waals surface area contributed by atoms with Gasteiger partial charge in [-0.15, -0.1) is 0 Å². The summed E-state index contributed by atoms with van der Waals surface area (Å²) in [5, 5.41) is 0. The van der Waals surface area contributed by atoms with Crippen LogP contribution in [0.2, 0.25) is 9.26 Å². The zero-order valence-corrected chi connectivity index (χ0v) is 21.6. The van der Waals surface area contributed by atoms with Gasteiger partial charge in [-0.05, 0) is 0 Å². The van der Waals surface area contributed by atoms with E-state index in [9.17, 15) is 0 Å². The summed E-state index contributed by atoms with van der Waals surface area (Å²) < 4.78 is 9.02. The Morgan fingerprint density at radius 2 is 1.04 bits per heavy atom. The van der Waals surface area contributed by atoms with Crippen molar-refractivity contribution >= 4 is 6.88 Å². The van der Waals surface area contributed by atoms with Gasteiger partial charge in [0.05, 0.1) is 0 Å². The molecule has 0 radical (unpaired) electrons. The molecule has 2 aliphatic carbocycles. The Kier molecular flexibility index (Phi) is 4.91. The molecule has 0 heterocycles. The molecule has 0 saturated heterocycles. The third-order valence-corrected chi connectivity index (χ3v) is 23.7. The first kappa shape index (κ1) is 20.4.